The van der Waals surface area contributed by atoms with Gasteiger partial charge in [-0.15, -0.1) is 18.2 Å². The minimum Gasteiger partial charge on any atom is -0.480 e. The Morgan fingerprint density at radius 1 is 1.53 bits per heavy atom. The Kier molecular flexibility index (Phi) is 9.06. The zero-order valence-corrected chi connectivity index (χ0v) is 10.8. The lowest BCUT2D eigenvalue weighted by Crippen LogP contribution is -2.43. The topological polar surface area (TPSA) is 69.6 Å². The van der Waals surface area contributed by atoms with Crippen LogP contribution in [0.3, 0.4) is 0 Å². The number of carboxylic acid groups (broad SMARTS) is 1. The molecule has 0 aromatic carbocycles. The van der Waals surface area contributed by atoms with Crippen molar-refractivity contribution in [2.75, 3.05) is 31.1 Å². The summed E-state index contributed by atoms with van der Waals surface area (Å²) in [6.45, 7) is 2.56. The first-order valence-corrected chi connectivity index (χ1v) is 6.53. The second kappa shape index (κ2) is 9.85. The van der Waals surface area contributed by atoms with Gasteiger partial charge in [0, 0.05) is 18.8 Å². The van der Waals surface area contributed by atoms with Crippen LogP contribution in [0.2, 0.25) is 0 Å². The van der Waals surface area contributed by atoms with Gasteiger partial charge in [-0.2, -0.15) is 0 Å². The summed E-state index contributed by atoms with van der Waals surface area (Å²) in [7, 11) is 0. The fraction of sp³-hybridized carbons (Fsp3) is 0.636. The lowest BCUT2D eigenvalue weighted by molar-refractivity contribution is -0.137. The van der Waals surface area contributed by atoms with E-state index in [0.717, 1.165) is 12.2 Å². The Labute approximate surface area is 106 Å². The molecule has 0 unspecified atom stereocenters. The fourth-order valence-corrected chi connectivity index (χ4v) is 1.67. The van der Waals surface area contributed by atoms with Gasteiger partial charge >= 0.3 is 12.0 Å². The van der Waals surface area contributed by atoms with Crippen LogP contribution < -0.4 is 5.32 Å². The molecule has 0 rings (SSSR count). The molecule has 96 valence electrons. The Balaban J connectivity index is 3.89. The first kappa shape index (κ1) is 15.7. The fourth-order valence-electron chi connectivity index (χ4n) is 1.16. The van der Waals surface area contributed by atoms with Crippen LogP contribution in [0, 0.1) is 12.3 Å². The lowest BCUT2D eigenvalue weighted by atomic mass is 10.4. The van der Waals surface area contributed by atoms with Gasteiger partial charge in [-0.25, -0.2) is 4.79 Å². The van der Waals surface area contributed by atoms with Gasteiger partial charge in [-0.3, -0.25) is 4.79 Å². The van der Waals surface area contributed by atoms with E-state index in [-0.39, 0.29) is 12.6 Å². The average Bonchev–Trinajstić information content (AvgIpc) is 2.27. The molecular weight excluding hydrogens is 240 g/mol. The standard InChI is InChI=1S/C11H18N2O3S/c1-3-6-13(9-10(14)15)11(16)12-5-8-17-7-4-2/h2H,3,5-9H2,1H3,(H,12,16)(H,14,15). The van der Waals surface area contributed by atoms with Crippen LogP contribution in [-0.2, 0) is 4.79 Å². The number of hydrogen-bond acceptors (Lipinski definition) is 3. The molecule has 2 N–H and O–H groups in total. The summed E-state index contributed by atoms with van der Waals surface area (Å²) in [6.07, 6.45) is 5.81. The molecule has 2 amide bonds. The molecule has 0 heterocycles. The van der Waals surface area contributed by atoms with Crippen molar-refractivity contribution in [3.63, 3.8) is 0 Å². The van der Waals surface area contributed by atoms with Crippen LogP contribution >= 0.6 is 11.8 Å². The van der Waals surface area contributed by atoms with Gasteiger partial charge in [-0.1, -0.05) is 12.8 Å². The number of nitrogens with zero attached hydrogens (tertiary/aromatic N) is 1. The van der Waals surface area contributed by atoms with E-state index < -0.39 is 5.97 Å². The van der Waals surface area contributed by atoms with Crippen molar-refractivity contribution in [3.8, 4) is 12.3 Å². The Bertz CT molecular complexity index is 289. The number of amides is 2. The molecule has 0 saturated carbocycles. The Morgan fingerprint density at radius 3 is 2.76 bits per heavy atom. The SMILES string of the molecule is C#CCSCCNC(=O)N(CCC)CC(=O)O. The number of carbonyl (C=O) groups is 2. The number of urea groups is 1. The van der Waals surface area contributed by atoms with Crippen molar-refractivity contribution < 1.29 is 14.7 Å². The van der Waals surface area contributed by atoms with Gasteiger partial charge < -0.3 is 15.3 Å². The lowest BCUT2D eigenvalue weighted by Gasteiger charge is -2.20. The zero-order valence-electron chi connectivity index (χ0n) is 9.94. The maximum atomic E-state index is 11.6. The second-order valence-corrected chi connectivity index (χ2v) is 4.41. The summed E-state index contributed by atoms with van der Waals surface area (Å²) in [5, 5.41) is 11.3. The minimum absolute atomic E-state index is 0.267. The van der Waals surface area contributed by atoms with E-state index in [0.29, 0.717) is 18.8 Å². The highest BCUT2D eigenvalue weighted by Crippen LogP contribution is 1.97. The molecule has 0 saturated heterocycles. The van der Waals surface area contributed by atoms with Crippen LogP contribution in [0.15, 0.2) is 0 Å². The van der Waals surface area contributed by atoms with E-state index in [1.807, 2.05) is 6.92 Å². The van der Waals surface area contributed by atoms with Crippen LogP contribution in [0.1, 0.15) is 13.3 Å². The monoisotopic (exact) mass is 258 g/mol. The van der Waals surface area contributed by atoms with Crippen LogP contribution in [-0.4, -0.2) is 53.1 Å². The summed E-state index contributed by atoms with van der Waals surface area (Å²) < 4.78 is 0. The van der Waals surface area contributed by atoms with Crippen molar-refractivity contribution >= 4 is 23.8 Å². The number of terminal acetylenes is 1. The van der Waals surface area contributed by atoms with E-state index in [4.69, 9.17) is 11.5 Å². The predicted molar refractivity (Wildman–Crippen MR) is 69.1 cm³/mol. The van der Waals surface area contributed by atoms with Crippen molar-refractivity contribution in [3.05, 3.63) is 0 Å². The molecule has 0 aromatic heterocycles. The van der Waals surface area contributed by atoms with Crippen LogP contribution in [0.25, 0.3) is 0 Å². The van der Waals surface area contributed by atoms with Crippen molar-refractivity contribution in [1.29, 1.82) is 0 Å². The molecule has 0 aliphatic carbocycles. The van der Waals surface area contributed by atoms with E-state index in [2.05, 4.69) is 11.2 Å². The number of aliphatic carboxylic acids is 1. The van der Waals surface area contributed by atoms with Gasteiger partial charge in [0.05, 0.1) is 5.75 Å². The van der Waals surface area contributed by atoms with Crippen molar-refractivity contribution in [1.82, 2.24) is 10.2 Å². The quantitative estimate of drug-likeness (QED) is 0.500. The van der Waals surface area contributed by atoms with Crippen LogP contribution in [0.4, 0.5) is 4.79 Å². The molecule has 0 atom stereocenters. The Hall–Kier alpha value is -1.35. The van der Waals surface area contributed by atoms with E-state index in [1.54, 1.807) is 11.8 Å². The molecule has 6 heteroatoms. The molecule has 0 aliphatic rings. The molecule has 0 fully saturated rings. The third kappa shape index (κ3) is 8.46. The third-order valence-corrected chi connectivity index (χ3v) is 2.68. The molecule has 0 spiro atoms. The predicted octanol–water partition coefficient (Wildman–Crippen LogP) is 0.859. The average molecular weight is 258 g/mol. The van der Waals surface area contributed by atoms with E-state index in [1.165, 1.54) is 4.90 Å². The first-order valence-electron chi connectivity index (χ1n) is 5.37. The van der Waals surface area contributed by atoms with Gasteiger partial charge in [0.1, 0.15) is 6.54 Å². The summed E-state index contributed by atoms with van der Waals surface area (Å²) in [4.78, 5) is 23.4. The highest BCUT2D eigenvalue weighted by molar-refractivity contribution is 7.99. The normalized spacial score (nSPS) is 9.41. The maximum absolute atomic E-state index is 11.6. The number of hydrogen-bond donors (Lipinski definition) is 2. The number of rotatable bonds is 8. The number of nitrogens with one attached hydrogen (secondary N) is 1. The minimum atomic E-state index is -1.00. The largest absolute Gasteiger partial charge is 0.480 e. The first-order chi connectivity index (χ1) is 8.11. The highest BCUT2D eigenvalue weighted by atomic mass is 32.2. The van der Waals surface area contributed by atoms with Crippen molar-refractivity contribution in [2.45, 2.75) is 13.3 Å². The van der Waals surface area contributed by atoms with E-state index >= 15 is 0 Å². The van der Waals surface area contributed by atoms with E-state index in [9.17, 15) is 9.59 Å². The second-order valence-electron chi connectivity index (χ2n) is 3.30. The van der Waals surface area contributed by atoms with Crippen LogP contribution in [0.5, 0.6) is 0 Å². The summed E-state index contributed by atoms with van der Waals surface area (Å²) >= 11 is 1.55. The number of carbonyl (C=O) groups excluding carboxylic acids is 1. The number of carboxylic acids is 1. The van der Waals surface area contributed by atoms with Gasteiger partial charge in [0.15, 0.2) is 0 Å². The zero-order chi connectivity index (χ0) is 13.1. The third-order valence-electron chi connectivity index (χ3n) is 1.81. The maximum Gasteiger partial charge on any atom is 0.323 e. The molecule has 0 aliphatic heterocycles. The molecular formula is C11H18N2O3S. The summed E-state index contributed by atoms with van der Waals surface area (Å²) in [5.74, 6) is 2.82. The summed E-state index contributed by atoms with van der Waals surface area (Å²) in [5.41, 5.74) is 0. The molecule has 0 bridgehead atoms. The summed E-state index contributed by atoms with van der Waals surface area (Å²) in [6, 6.07) is -0.337. The molecule has 5 nitrogen and oxygen atoms in total. The number of thioether (sulfide) groups is 1. The van der Waals surface area contributed by atoms with Crippen molar-refractivity contribution in [2.24, 2.45) is 0 Å². The molecule has 0 radical (unpaired) electrons. The molecule has 17 heavy (non-hydrogen) atoms. The smallest absolute Gasteiger partial charge is 0.323 e. The van der Waals surface area contributed by atoms with Gasteiger partial charge in [-0.05, 0) is 6.42 Å². The van der Waals surface area contributed by atoms with Gasteiger partial charge in [0.2, 0.25) is 0 Å². The highest BCUT2D eigenvalue weighted by Gasteiger charge is 2.14. The Morgan fingerprint density at radius 2 is 2.24 bits per heavy atom. The van der Waals surface area contributed by atoms with Gasteiger partial charge in [0.25, 0.3) is 0 Å². The molecule has 0 aromatic rings.